The second kappa shape index (κ2) is 10.8. The normalized spacial score (nSPS) is 23.7. The second-order valence-corrected chi connectivity index (χ2v) is 9.71. The lowest BCUT2D eigenvalue weighted by atomic mass is 9.77. The van der Waals surface area contributed by atoms with Crippen molar-refractivity contribution in [2.75, 3.05) is 0 Å². The highest BCUT2D eigenvalue weighted by molar-refractivity contribution is 6.30. The van der Waals surface area contributed by atoms with E-state index in [-0.39, 0.29) is 18.4 Å². The summed E-state index contributed by atoms with van der Waals surface area (Å²) < 4.78 is 0. The van der Waals surface area contributed by atoms with Gasteiger partial charge in [-0.3, -0.25) is 19.4 Å². The molecule has 1 fully saturated rings. The zero-order chi connectivity index (χ0) is 25.1. The summed E-state index contributed by atoms with van der Waals surface area (Å²) in [4.78, 5) is 39.1. The lowest BCUT2D eigenvalue weighted by molar-refractivity contribution is -0.138. The molecule has 4 atom stereocenters. The number of nitrogens with zero attached hydrogens (tertiary/aromatic N) is 2. The van der Waals surface area contributed by atoms with Crippen LogP contribution in [-0.2, 0) is 16.2 Å². The van der Waals surface area contributed by atoms with Crippen molar-refractivity contribution in [3.05, 3.63) is 100 Å². The van der Waals surface area contributed by atoms with Gasteiger partial charge in [-0.15, -0.1) is 0 Å². The van der Waals surface area contributed by atoms with E-state index < -0.39 is 24.1 Å². The number of carbonyl (C=O) groups is 2. The van der Waals surface area contributed by atoms with Crippen LogP contribution < -0.4 is 5.48 Å². The molecule has 1 saturated carbocycles. The van der Waals surface area contributed by atoms with Crippen LogP contribution in [0, 0.1) is 0 Å². The highest BCUT2D eigenvalue weighted by Crippen LogP contribution is 2.46. The Balaban J connectivity index is 1.54. The summed E-state index contributed by atoms with van der Waals surface area (Å²) in [5, 5.41) is 11.5. The molecule has 7 nitrogen and oxygen atoms in total. The Morgan fingerprint density at radius 3 is 2.56 bits per heavy atom. The summed E-state index contributed by atoms with van der Waals surface area (Å²) in [5.41, 5.74) is 5.14. The molecule has 1 aliphatic heterocycles. The van der Waals surface area contributed by atoms with Crippen LogP contribution in [0.15, 0.2) is 72.9 Å². The van der Waals surface area contributed by atoms with Crippen molar-refractivity contribution in [1.82, 2.24) is 15.4 Å². The first-order valence-electron chi connectivity index (χ1n) is 12.2. The lowest BCUT2D eigenvalue weighted by Gasteiger charge is -2.48. The molecule has 2 aromatic carbocycles. The molecule has 3 aromatic rings. The van der Waals surface area contributed by atoms with Crippen LogP contribution in [0.5, 0.6) is 0 Å². The Kier molecular flexibility index (Phi) is 7.32. The van der Waals surface area contributed by atoms with Gasteiger partial charge in [-0.2, -0.15) is 0 Å². The number of hydrogen-bond acceptors (Lipinski definition) is 5. The first-order valence-corrected chi connectivity index (χ1v) is 12.6. The maximum atomic E-state index is 13.9. The molecule has 2 N–H and O–H groups in total. The Morgan fingerprint density at radius 2 is 1.81 bits per heavy atom. The van der Waals surface area contributed by atoms with E-state index in [1.54, 1.807) is 35.4 Å². The molecule has 0 radical (unpaired) electrons. The van der Waals surface area contributed by atoms with Crippen molar-refractivity contribution in [3.63, 3.8) is 0 Å². The number of aliphatic hydroxyl groups excluding tert-OH is 1. The molecule has 1 aromatic heterocycles. The van der Waals surface area contributed by atoms with E-state index in [9.17, 15) is 14.7 Å². The summed E-state index contributed by atoms with van der Waals surface area (Å²) in [5.74, 6) is -1.31. The van der Waals surface area contributed by atoms with Crippen molar-refractivity contribution in [3.8, 4) is 0 Å². The van der Waals surface area contributed by atoms with Gasteiger partial charge in [0.05, 0.1) is 29.8 Å². The number of fused-ring (bicyclic) bond motifs is 1. The number of halogens is 1. The van der Waals surface area contributed by atoms with Crippen LogP contribution in [0.4, 0.5) is 0 Å². The van der Waals surface area contributed by atoms with E-state index in [1.807, 2.05) is 42.5 Å². The van der Waals surface area contributed by atoms with Gasteiger partial charge >= 0.3 is 0 Å². The van der Waals surface area contributed by atoms with Gasteiger partial charge in [0.1, 0.15) is 6.61 Å². The van der Waals surface area contributed by atoms with Crippen LogP contribution in [-0.4, -0.2) is 39.0 Å². The third kappa shape index (κ3) is 4.87. The van der Waals surface area contributed by atoms with E-state index in [1.165, 1.54) is 0 Å². The van der Waals surface area contributed by atoms with Gasteiger partial charge in [0.25, 0.3) is 11.8 Å². The molecule has 0 spiro atoms. The molecular weight excluding hydrogens is 478 g/mol. The van der Waals surface area contributed by atoms with Gasteiger partial charge < -0.3 is 10.0 Å². The van der Waals surface area contributed by atoms with Crippen LogP contribution in [0.25, 0.3) is 0 Å². The molecule has 2 amide bonds. The quantitative estimate of drug-likeness (QED) is 0.479. The highest BCUT2D eigenvalue weighted by Gasteiger charge is 2.48. The number of aromatic nitrogens is 1. The third-order valence-corrected chi connectivity index (χ3v) is 7.29. The molecule has 0 saturated heterocycles. The highest BCUT2D eigenvalue weighted by atomic mass is 35.5. The van der Waals surface area contributed by atoms with E-state index >= 15 is 0 Å². The number of pyridine rings is 1. The van der Waals surface area contributed by atoms with Gasteiger partial charge in [0.2, 0.25) is 0 Å². The Hall–Kier alpha value is -3.26. The number of carbonyl (C=O) groups excluding carboxylic acids is 2. The minimum absolute atomic E-state index is 0.108. The lowest BCUT2D eigenvalue weighted by Crippen LogP contribution is -2.55. The smallest absolute Gasteiger partial charge is 0.255 e. The number of amides is 2. The molecule has 8 heteroatoms. The van der Waals surface area contributed by atoms with Crippen molar-refractivity contribution in [1.29, 1.82) is 0 Å². The van der Waals surface area contributed by atoms with Gasteiger partial charge in [0.15, 0.2) is 0 Å². The summed E-state index contributed by atoms with van der Waals surface area (Å²) in [6.07, 6.45) is 4.11. The van der Waals surface area contributed by atoms with Crippen molar-refractivity contribution in [2.45, 2.75) is 56.4 Å². The average Bonchev–Trinajstić information content (AvgIpc) is 2.90. The molecule has 5 rings (SSSR count). The van der Waals surface area contributed by atoms with Crippen LogP contribution in [0.3, 0.4) is 0 Å². The molecule has 2 heterocycles. The predicted octanol–water partition coefficient (Wildman–Crippen LogP) is 4.57. The molecule has 1 aliphatic carbocycles. The molecule has 0 bridgehead atoms. The fourth-order valence-corrected chi connectivity index (χ4v) is 5.48. The molecule has 36 heavy (non-hydrogen) atoms. The third-order valence-electron chi connectivity index (χ3n) is 7.04. The first-order chi connectivity index (χ1) is 17.5. The van der Waals surface area contributed by atoms with E-state index in [4.69, 9.17) is 16.4 Å². The number of hydroxylamine groups is 1. The standard InChI is InChI=1S/C28H28ClN3O4/c29-19-14-12-18(13-15-19)26-25(27(34)31-36-17-20-7-5-6-16-30-20)21-8-1-2-9-22(21)28(35)32(26)23-10-3-4-11-24(23)33/h1-2,5-9,12-16,23-26,33H,3-4,10-11,17H2,(H,31,34)/t23-,24-,25+,26-/m0/s1. The van der Waals surface area contributed by atoms with Crippen molar-refractivity contribution in [2.24, 2.45) is 0 Å². The maximum Gasteiger partial charge on any atom is 0.255 e. The maximum absolute atomic E-state index is 13.9. The number of hydrogen-bond donors (Lipinski definition) is 2. The zero-order valence-corrected chi connectivity index (χ0v) is 20.5. The van der Waals surface area contributed by atoms with Crippen LogP contribution in [0.1, 0.15) is 64.8 Å². The van der Waals surface area contributed by atoms with Crippen molar-refractivity contribution < 1.29 is 19.5 Å². The SMILES string of the molecule is O=C(NOCc1ccccn1)[C@@H]1c2ccccc2C(=O)N([C@H]2CCCC[C@@H]2O)[C@H]1c1ccc(Cl)cc1. The van der Waals surface area contributed by atoms with E-state index in [0.29, 0.717) is 34.7 Å². The molecular formula is C28H28ClN3O4. The number of rotatable bonds is 6. The number of benzene rings is 2. The molecule has 0 unspecified atom stereocenters. The van der Waals surface area contributed by atoms with Crippen molar-refractivity contribution >= 4 is 23.4 Å². The zero-order valence-electron chi connectivity index (χ0n) is 19.7. The summed E-state index contributed by atoms with van der Waals surface area (Å²) >= 11 is 6.17. The fourth-order valence-electron chi connectivity index (χ4n) is 5.36. The van der Waals surface area contributed by atoms with Crippen LogP contribution in [0.2, 0.25) is 5.02 Å². The van der Waals surface area contributed by atoms with Gasteiger partial charge in [-0.25, -0.2) is 5.48 Å². The summed E-state index contributed by atoms with van der Waals surface area (Å²) in [7, 11) is 0. The average molecular weight is 506 g/mol. The second-order valence-electron chi connectivity index (χ2n) is 9.27. The number of nitrogens with one attached hydrogen (secondary N) is 1. The minimum Gasteiger partial charge on any atom is -0.391 e. The summed E-state index contributed by atoms with van der Waals surface area (Å²) in [6, 6.07) is 18.8. The topological polar surface area (TPSA) is 91.8 Å². The largest absolute Gasteiger partial charge is 0.391 e. The Morgan fingerprint density at radius 1 is 1.06 bits per heavy atom. The Bertz CT molecular complexity index is 1220. The van der Waals surface area contributed by atoms with E-state index in [0.717, 1.165) is 18.4 Å². The Labute approximate surface area is 215 Å². The molecule has 186 valence electrons. The monoisotopic (exact) mass is 505 g/mol. The van der Waals surface area contributed by atoms with Crippen LogP contribution >= 0.6 is 11.6 Å². The minimum atomic E-state index is -0.752. The predicted molar refractivity (Wildman–Crippen MR) is 135 cm³/mol. The van der Waals surface area contributed by atoms with Gasteiger partial charge in [0, 0.05) is 16.8 Å². The van der Waals surface area contributed by atoms with E-state index in [2.05, 4.69) is 10.5 Å². The fraction of sp³-hybridized carbons (Fsp3) is 0.321. The van der Waals surface area contributed by atoms with Gasteiger partial charge in [-0.05, 0) is 54.3 Å². The summed E-state index contributed by atoms with van der Waals surface area (Å²) in [6.45, 7) is 0.108. The number of aliphatic hydroxyl groups is 1. The molecule has 2 aliphatic rings. The first kappa shape index (κ1) is 24.4. The van der Waals surface area contributed by atoms with Gasteiger partial charge in [-0.1, -0.05) is 60.8 Å².